The number of nitrogen functional groups attached to an aromatic ring is 1. The van der Waals surface area contributed by atoms with Crippen molar-refractivity contribution >= 4 is 64.6 Å². The Labute approximate surface area is 132 Å². The number of hydrogen-bond donors (Lipinski definition) is 2. The van der Waals surface area contributed by atoms with Gasteiger partial charge in [-0.15, -0.1) is 11.3 Å². The molecule has 0 radical (unpaired) electrons. The van der Waals surface area contributed by atoms with E-state index in [-0.39, 0.29) is 4.21 Å². The minimum Gasteiger partial charge on any atom is -0.399 e. The monoisotopic (exact) mass is 424 g/mol. The molecule has 8 heteroatoms. The van der Waals surface area contributed by atoms with Crippen LogP contribution in [0.2, 0.25) is 0 Å². The van der Waals surface area contributed by atoms with Gasteiger partial charge in [0.15, 0.2) is 0 Å². The number of hydrogen-bond acceptors (Lipinski definition) is 4. The minimum absolute atomic E-state index is 0.278. The molecule has 1 heterocycles. The van der Waals surface area contributed by atoms with E-state index in [9.17, 15) is 8.42 Å². The summed E-state index contributed by atoms with van der Waals surface area (Å²) in [6, 6.07) is 6.64. The number of sulfonamides is 1. The van der Waals surface area contributed by atoms with Gasteiger partial charge in [0.1, 0.15) is 4.21 Å². The highest BCUT2D eigenvalue weighted by Gasteiger charge is 2.19. The van der Waals surface area contributed by atoms with Crippen LogP contribution >= 0.6 is 43.2 Å². The maximum absolute atomic E-state index is 12.2. The molecule has 19 heavy (non-hydrogen) atoms. The highest BCUT2D eigenvalue weighted by atomic mass is 79.9. The van der Waals surface area contributed by atoms with Crippen molar-refractivity contribution in [3.63, 3.8) is 0 Å². The summed E-state index contributed by atoms with van der Waals surface area (Å²) >= 11 is 7.81. The zero-order valence-electron chi connectivity index (χ0n) is 9.78. The van der Waals surface area contributed by atoms with Gasteiger partial charge in [-0.3, -0.25) is 4.72 Å². The lowest BCUT2D eigenvalue weighted by molar-refractivity contribution is 0.603. The van der Waals surface area contributed by atoms with Crippen LogP contribution in [0.4, 0.5) is 11.4 Å². The summed E-state index contributed by atoms with van der Waals surface area (Å²) in [5.41, 5.74) is 6.64. The van der Waals surface area contributed by atoms with Crippen molar-refractivity contribution in [2.24, 2.45) is 0 Å². The Morgan fingerprint density at radius 3 is 2.26 bits per heavy atom. The molecule has 0 aliphatic rings. The molecule has 0 fully saturated rings. The summed E-state index contributed by atoms with van der Waals surface area (Å²) in [5, 5.41) is 0. The van der Waals surface area contributed by atoms with Gasteiger partial charge in [-0.1, -0.05) is 0 Å². The molecule has 102 valence electrons. The molecule has 0 aliphatic carbocycles. The summed E-state index contributed by atoms with van der Waals surface area (Å²) in [6.07, 6.45) is 0. The Balaban J connectivity index is 2.41. The molecule has 0 spiro atoms. The van der Waals surface area contributed by atoms with Crippen LogP contribution in [-0.4, -0.2) is 8.42 Å². The highest BCUT2D eigenvalue weighted by Crippen LogP contribution is 2.35. The van der Waals surface area contributed by atoms with Gasteiger partial charge in [-0.2, -0.15) is 0 Å². The number of nitrogens with one attached hydrogen (secondary N) is 1. The molecule has 2 rings (SSSR count). The first kappa shape index (κ1) is 14.8. The Hall–Kier alpha value is -0.570. The number of halogens is 2. The molecular weight excluding hydrogens is 416 g/mol. The molecule has 1 aromatic heterocycles. The van der Waals surface area contributed by atoms with E-state index in [1.54, 1.807) is 24.3 Å². The van der Waals surface area contributed by atoms with Crippen molar-refractivity contribution in [1.82, 2.24) is 0 Å². The third kappa shape index (κ3) is 3.31. The normalized spacial score (nSPS) is 11.5. The molecule has 0 bridgehead atoms. The van der Waals surface area contributed by atoms with Gasteiger partial charge in [0, 0.05) is 19.5 Å². The fraction of sp³-hybridized carbons (Fsp3) is 0.0909. The predicted octanol–water partition coefficient (Wildman–Crippen LogP) is 3.96. The molecule has 1 aromatic carbocycles. The van der Waals surface area contributed by atoms with Crippen LogP contribution in [0.15, 0.2) is 37.4 Å². The maximum atomic E-state index is 12.2. The molecule has 0 atom stereocenters. The number of nitrogens with two attached hydrogens (primary N) is 1. The number of anilines is 2. The highest BCUT2D eigenvalue weighted by molar-refractivity contribution is 9.11. The number of thiophene rings is 1. The van der Waals surface area contributed by atoms with E-state index in [0.29, 0.717) is 20.3 Å². The van der Waals surface area contributed by atoms with Crippen LogP contribution in [0, 0.1) is 6.92 Å². The van der Waals surface area contributed by atoms with Crippen molar-refractivity contribution < 1.29 is 8.42 Å². The van der Waals surface area contributed by atoms with Crippen molar-refractivity contribution in [3.8, 4) is 0 Å². The van der Waals surface area contributed by atoms with Gasteiger partial charge in [-0.05, 0) is 63.0 Å². The van der Waals surface area contributed by atoms with Crippen LogP contribution in [0.3, 0.4) is 0 Å². The SMILES string of the molecule is Cc1ccc(S(=O)(=O)Nc2c(Br)cc(N)cc2Br)s1. The largest absolute Gasteiger partial charge is 0.399 e. The van der Waals surface area contributed by atoms with E-state index in [1.165, 1.54) is 11.3 Å². The fourth-order valence-corrected chi connectivity index (χ4v) is 5.50. The van der Waals surface area contributed by atoms with Gasteiger partial charge in [0.2, 0.25) is 0 Å². The third-order valence-electron chi connectivity index (χ3n) is 2.28. The van der Waals surface area contributed by atoms with Gasteiger partial charge in [-0.25, -0.2) is 8.42 Å². The second-order valence-electron chi connectivity index (χ2n) is 3.83. The average Bonchev–Trinajstić information content (AvgIpc) is 2.71. The van der Waals surface area contributed by atoms with Crippen LogP contribution in [-0.2, 0) is 10.0 Å². The molecular formula is C11H10Br2N2O2S2. The van der Waals surface area contributed by atoms with E-state index in [0.717, 1.165) is 4.88 Å². The Morgan fingerprint density at radius 1 is 1.21 bits per heavy atom. The van der Waals surface area contributed by atoms with Crippen LogP contribution in [0.25, 0.3) is 0 Å². The Morgan fingerprint density at radius 2 is 1.79 bits per heavy atom. The zero-order chi connectivity index (χ0) is 14.2. The summed E-state index contributed by atoms with van der Waals surface area (Å²) < 4.78 is 28.4. The molecule has 0 saturated carbocycles. The van der Waals surface area contributed by atoms with Crippen molar-refractivity contribution in [2.75, 3.05) is 10.5 Å². The lowest BCUT2D eigenvalue weighted by Gasteiger charge is -2.11. The van der Waals surface area contributed by atoms with E-state index in [1.807, 2.05) is 6.92 Å². The van der Waals surface area contributed by atoms with Crippen LogP contribution in [0.5, 0.6) is 0 Å². The summed E-state index contributed by atoms with van der Waals surface area (Å²) in [6.45, 7) is 1.86. The fourth-order valence-electron chi connectivity index (χ4n) is 1.43. The summed E-state index contributed by atoms with van der Waals surface area (Å²) in [7, 11) is -3.58. The number of aryl methyl sites for hydroxylation is 1. The number of rotatable bonds is 3. The second-order valence-corrected chi connectivity index (χ2v) is 8.74. The average molecular weight is 426 g/mol. The topological polar surface area (TPSA) is 72.2 Å². The van der Waals surface area contributed by atoms with Gasteiger partial charge < -0.3 is 5.73 Å². The van der Waals surface area contributed by atoms with Gasteiger partial charge in [0.25, 0.3) is 10.0 Å². The minimum atomic E-state index is -3.58. The van der Waals surface area contributed by atoms with E-state index in [4.69, 9.17) is 5.73 Å². The maximum Gasteiger partial charge on any atom is 0.271 e. The van der Waals surface area contributed by atoms with E-state index in [2.05, 4.69) is 36.6 Å². The number of benzene rings is 1. The predicted molar refractivity (Wildman–Crippen MR) is 86.1 cm³/mol. The molecule has 0 saturated heterocycles. The molecule has 4 nitrogen and oxygen atoms in total. The Bertz CT molecular complexity index is 703. The quantitative estimate of drug-likeness (QED) is 0.730. The Kier molecular flexibility index (Phi) is 4.24. The third-order valence-corrected chi connectivity index (χ3v) is 6.37. The van der Waals surface area contributed by atoms with E-state index >= 15 is 0 Å². The first-order valence-corrected chi connectivity index (χ1v) is 9.02. The standard InChI is InChI=1S/C11H10Br2N2O2S2/c1-6-2-3-10(18-6)19(16,17)15-11-8(12)4-7(14)5-9(11)13/h2-5,15H,14H2,1H3. The van der Waals surface area contributed by atoms with Crippen molar-refractivity contribution in [2.45, 2.75) is 11.1 Å². The molecule has 3 N–H and O–H groups in total. The zero-order valence-corrected chi connectivity index (χ0v) is 14.6. The molecule has 0 unspecified atom stereocenters. The first-order chi connectivity index (χ1) is 8.79. The smallest absolute Gasteiger partial charge is 0.271 e. The molecule has 0 amide bonds. The van der Waals surface area contributed by atoms with Crippen LogP contribution in [0.1, 0.15) is 4.88 Å². The lowest BCUT2D eigenvalue weighted by atomic mass is 10.3. The van der Waals surface area contributed by atoms with Crippen molar-refractivity contribution in [3.05, 3.63) is 38.1 Å². The van der Waals surface area contributed by atoms with Crippen LogP contribution < -0.4 is 10.5 Å². The summed E-state index contributed by atoms with van der Waals surface area (Å²) in [5.74, 6) is 0. The lowest BCUT2D eigenvalue weighted by Crippen LogP contribution is -2.12. The van der Waals surface area contributed by atoms with Gasteiger partial charge >= 0.3 is 0 Å². The van der Waals surface area contributed by atoms with Gasteiger partial charge in [0.05, 0.1) is 5.69 Å². The summed E-state index contributed by atoms with van der Waals surface area (Å²) in [4.78, 5) is 0.941. The van der Waals surface area contributed by atoms with Crippen molar-refractivity contribution in [1.29, 1.82) is 0 Å². The molecule has 2 aromatic rings. The molecule has 0 aliphatic heterocycles. The van der Waals surface area contributed by atoms with E-state index < -0.39 is 10.0 Å². The second kappa shape index (κ2) is 5.43. The first-order valence-electron chi connectivity index (χ1n) is 5.13.